The lowest BCUT2D eigenvalue weighted by Crippen LogP contribution is -2.24. The zero-order valence-electron chi connectivity index (χ0n) is 12.3. The van der Waals surface area contributed by atoms with Gasteiger partial charge in [-0.25, -0.2) is 0 Å². The van der Waals surface area contributed by atoms with Crippen molar-refractivity contribution >= 4 is 17.4 Å². The molecule has 2 aliphatic rings. The number of hydrogen-bond acceptors (Lipinski definition) is 1. The Bertz CT molecular complexity index is 964. The summed E-state index contributed by atoms with van der Waals surface area (Å²) in [6.45, 7) is 1.70. The highest BCUT2D eigenvalue weighted by molar-refractivity contribution is 6.13. The van der Waals surface area contributed by atoms with Gasteiger partial charge in [0.15, 0.2) is 5.78 Å². The number of ketones is 1. The molecule has 21 heavy (non-hydrogen) atoms. The summed E-state index contributed by atoms with van der Waals surface area (Å²) < 4.78 is 0. The van der Waals surface area contributed by atoms with Crippen molar-refractivity contribution in [2.24, 2.45) is 0 Å². The van der Waals surface area contributed by atoms with E-state index in [1.165, 1.54) is 32.0 Å². The topological polar surface area (TPSA) is 17.1 Å². The van der Waals surface area contributed by atoms with E-state index in [0.717, 1.165) is 31.3 Å². The van der Waals surface area contributed by atoms with E-state index in [0.29, 0.717) is 0 Å². The van der Waals surface area contributed by atoms with Gasteiger partial charge in [-0.3, -0.25) is 4.79 Å². The van der Waals surface area contributed by atoms with E-state index >= 15 is 0 Å². The summed E-state index contributed by atoms with van der Waals surface area (Å²) in [7, 11) is 0. The molecule has 0 saturated heterocycles. The van der Waals surface area contributed by atoms with Crippen LogP contribution in [-0.2, 0) is 17.6 Å². The SMILES string of the molecule is CC(=O)C1=c2ccc3c(c2CCC1)CC=c1ccccc1=3. The van der Waals surface area contributed by atoms with E-state index < -0.39 is 0 Å². The fourth-order valence-corrected chi connectivity index (χ4v) is 3.82. The summed E-state index contributed by atoms with van der Waals surface area (Å²) in [4.78, 5) is 11.9. The maximum Gasteiger partial charge on any atom is 0.156 e. The minimum Gasteiger partial charge on any atom is -0.295 e. The number of rotatable bonds is 1. The van der Waals surface area contributed by atoms with Gasteiger partial charge in [0, 0.05) is 5.57 Å². The molecule has 2 aromatic rings. The normalized spacial score (nSPS) is 15.6. The van der Waals surface area contributed by atoms with Gasteiger partial charge in [0.1, 0.15) is 0 Å². The number of carbonyl (C=O) groups is 1. The number of Topliss-reactive ketones (excluding diaryl/α,β-unsaturated/α-hetero) is 1. The first-order chi connectivity index (χ1) is 10.3. The molecular formula is C20H18O. The molecule has 0 fully saturated rings. The maximum absolute atomic E-state index is 11.9. The van der Waals surface area contributed by atoms with Gasteiger partial charge in [-0.1, -0.05) is 42.5 Å². The molecule has 0 saturated carbocycles. The van der Waals surface area contributed by atoms with Crippen LogP contribution in [-0.4, -0.2) is 5.78 Å². The second kappa shape index (κ2) is 4.70. The Morgan fingerprint density at radius 1 is 0.905 bits per heavy atom. The first kappa shape index (κ1) is 12.6. The Morgan fingerprint density at radius 3 is 2.57 bits per heavy atom. The highest BCUT2D eigenvalue weighted by Crippen LogP contribution is 2.21. The standard InChI is InChI=1S/C20H18O/c1-13(21)15-7-4-8-17-18(15)11-12-19-16-6-3-2-5-14(16)9-10-20(17)19/h2-3,5-6,9,11-12H,4,7-8,10H2,1H3. The van der Waals surface area contributed by atoms with Crippen LogP contribution in [0.25, 0.3) is 11.6 Å². The predicted octanol–water partition coefficient (Wildman–Crippen LogP) is 2.39. The summed E-state index contributed by atoms with van der Waals surface area (Å²) in [6, 6.07) is 13.0. The van der Waals surface area contributed by atoms with Crippen LogP contribution >= 0.6 is 0 Å². The van der Waals surface area contributed by atoms with Gasteiger partial charge in [0.2, 0.25) is 0 Å². The van der Waals surface area contributed by atoms with E-state index in [2.05, 4.69) is 42.5 Å². The summed E-state index contributed by atoms with van der Waals surface area (Å²) in [6.07, 6.45) is 6.44. The minimum absolute atomic E-state index is 0.232. The average molecular weight is 274 g/mol. The lowest BCUT2D eigenvalue weighted by atomic mass is 9.85. The molecule has 0 atom stereocenters. The second-order valence-electron chi connectivity index (χ2n) is 6.00. The fraction of sp³-hybridized carbons (Fsp3) is 0.250. The lowest BCUT2D eigenvalue weighted by molar-refractivity contribution is -0.112. The molecule has 4 rings (SSSR count). The zero-order chi connectivity index (χ0) is 14.4. The molecule has 1 heteroatoms. The van der Waals surface area contributed by atoms with Gasteiger partial charge in [-0.15, -0.1) is 0 Å². The second-order valence-corrected chi connectivity index (χ2v) is 6.00. The molecule has 1 nitrogen and oxygen atoms in total. The third kappa shape index (κ3) is 1.88. The third-order valence-electron chi connectivity index (χ3n) is 4.81. The Kier molecular flexibility index (Phi) is 2.81. The Hall–Kier alpha value is -2.15. The van der Waals surface area contributed by atoms with E-state index in [4.69, 9.17) is 0 Å². The van der Waals surface area contributed by atoms with E-state index in [1.54, 1.807) is 6.92 Å². The maximum atomic E-state index is 11.9. The zero-order valence-corrected chi connectivity index (χ0v) is 12.3. The van der Waals surface area contributed by atoms with Crippen molar-refractivity contribution < 1.29 is 4.79 Å². The molecule has 2 aromatic carbocycles. The highest BCUT2D eigenvalue weighted by atomic mass is 16.1. The number of hydrogen-bond donors (Lipinski definition) is 0. The van der Waals surface area contributed by atoms with Gasteiger partial charge >= 0.3 is 0 Å². The molecule has 0 N–H and O–H groups in total. The predicted molar refractivity (Wildman–Crippen MR) is 85.0 cm³/mol. The molecule has 0 amide bonds. The van der Waals surface area contributed by atoms with Crippen LogP contribution in [0, 0.1) is 10.4 Å². The van der Waals surface area contributed by atoms with Crippen LogP contribution in [0.2, 0.25) is 0 Å². The molecule has 0 radical (unpaired) electrons. The van der Waals surface area contributed by atoms with Crippen LogP contribution in [0.4, 0.5) is 0 Å². The van der Waals surface area contributed by atoms with Crippen LogP contribution in [0.15, 0.2) is 36.4 Å². The van der Waals surface area contributed by atoms with E-state index in [-0.39, 0.29) is 5.78 Å². The van der Waals surface area contributed by atoms with Crippen LogP contribution in [0.3, 0.4) is 0 Å². The van der Waals surface area contributed by atoms with Gasteiger partial charge in [0.05, 0.1) is 0 Å². The molecule has 0 heterocycles. The van der Waals surface area contributed by atoms with Crippen LogP contribution < -0.4 is 10.4 Å². The quantitative estimate of drug-likeness (QED) is 0.780. The summed E-state index contributed by atoms with van der Waals surface area (Å²) in [5, 5.41) is 5.23. The van der Waals surface area contributed by atoms with Crippen molar-refractivity contribution in [1.82, 2.24) is 0 Å². The highest BCUT2D eigenvalue weighted by Gasteiger charge is 2.17. The molecule has 0 unspecified atom stereocenters. The summed E-state index contributed by atoms with van der Waals surface area (Å²) in [5.41, 5.74) is 3.87. The van der Waals surface area contributed by atoms with Crippen molar-refractivity contribution in [1.29, 1.82) is 0 Å². The van der Waals surface area contributed by atoms with Crippen molar-refractivity contribution in [2.75, 3.05) is 0 Å². The first-order valence-corrected chi connectivity index (χ1v) is 7.70. The van der Waals surface area contributed by atoms with Gasteiger partial charge in [0.25, 0.3) is 0 Å². The molecular weight excluding hydrogens is 256 g/mol. The Balaban J connectivity index is 2.20. The third-order valence-corrected chi connectivity index (χ3v) is 4.81. The Morgan fingerprint density at radius 2 is 1.71 bits per heavy atom. The molecule has 104 valence electrons. The Labute approximate surface area is 123 Å². The van der Waals surface area contributed by atoms with E-state index in [1.807, 2.05) is 0 Å². The number of benzene rings is 2. The summed E-state index contributed by atoms with van der Waals surface area (Å²) in [5.74, 6) is 0.232. The number of carbonyl (C=O) groups excluding carboxylic acids is 1. The van der Waals surface area contributed by atoms with Crippen LogP contribution in [0.5, 0.6) is 0 Å². The van der Waals surface area contributed by atoms with Gasteiger partial charge < -0.3 is 0 Å². The van der Waals surface area contributed by atoms with Crippen molar-refractivity contribution in [3.05, 3.63) is 68.4 Å². The largest absolute Gasteiger partial charge is 0.295 e. The van der Waals surface area contributed by atoms with Crippen molar-refractivity contribution in [3.8, 4) is 0 Å². The lowest BCUT2D eigenvalue weighted by Gasteiger charge is -2.19. The smallest absolute Gasteiger partial charge is 0.156 e. The van der Waals surface area contributed by atoms with E-state index in [9.17, 15) is 4.79 Å². The van der Waals surface area contributed by atoms with Crippen molar-refractivity contribution in [2.45, 2.75) is 32.6 Å². The summed E-state index contributed by atoms with van der Waals surface area (Å²) >= 11 is 0. The molecule has 0 bridgehead atoms. The minimum atomic E-state index is 0.232. The average Bonchev–Trinajstić information content (AvgIpc) is 2.53. The monoisotopic (exact) mass is 274 g/mol. The van der Waals surface area contributed by atoms with Crippen LogP contribution in [0.1, 0.15) is 30.9 Å². The molecule has 0 spiro atoms. The van der Waals surface area contributed by atoms with Gasteiger partial charge in [-0.05, 0) is 64.6 Å². The molecule has 0 aliphatic heterocycles. The van der Waals surface area contributed by atoms with Crippen molar-refractivity contribution in [3.63, 3.8) is 0 Å². The molecule has 2 aliphatic carbocycles. The van der Waals surface area contributed by atoms with Gasteiger partial charge in [-0.2, -0.15) is 0 Å². The molecule has 0 aromatic heterocycles. The number of fused-ring (bicyclic) bond motifs is 4. The first-order valence-electron chi connectivity index (χ1n) is 7.70. The fourth-order valence-electron chi connectivity index (χ4n) is 3.82.